The van der Waals surface area contributed by atoms with E-state index in [-0.39, 0.29) is 11.8 Å². The van der Waals surface area contributed by atoms with Crippen LogP contribution in [0.5, 0.6) is 0 Å². The van der Waals surface area contributed by atoms with Gasteiger partial charge in [-0.3, -0.25) is 14.9 Å². The molecule has 3 aromatic rings. The Labute approximate surface area is 164 Å². The average Bonchev–Trinajstić information content (AvgIpc) is 3.36. The van der Waals surface area contributed by atoms with Crippen LogP contribution in [0.1, 0.15) is 48.2 Å². The van der Waals surface area contributed by atoms with Gasteiger partial charge in [0, 0.05) is 63.2 Å². The molecule has 3 aromatic heterocycles. The van der Waals surface area contributed by atoms with Gasteiger partial charge in [0.05, 0.1) is 0 Å². The Morgan fingerprint density at radius 2 is 2.14 bits per heavy atom. The average molecular weight is 379 g/mol. The Kier molecular flexibility index (Phi) is 5.45. The molecule has 1 atom stereocenters. The van der Waals surface area contributed by atoms with Gasteiger partial charge in [0.1, 0.15) is 11.6 Å². The first kappa shape index (κ1) is 18.3. The highest BCUT2D eigenvalue weighted by atomic mass is 16.2. The molecular formula is C20H25N7O. The van der Waals surface area contributed by atoms with Gasteiger partial charge in [-0.25, -0.2) is 9.97 Å². The van der Waals surface area contributed by atoms with E-state index >= 15 is 0 Å². The summed E-state index contributed by atoms with van der Waals surface area (Å²) in [5, 5.41) is 6.94. The minimum atomic E-state index is 0.166. The predicted molar refractivity (Wildman–Crippen MR) is 104 cm³/mol. The van der Waals surface area contributed by atoms with Crippen molar-refractivity contribution in [1.29, 1.82) is 0 Å². The maximum atomic E-state index is 12.7. The highest BCUT2D eigenvalue weighted by molar-refractivity contribution is 5.76. The number of hydrogen-bond donors (Lipinski definition) is 1. The summed E-state index contributed by atoms with van der Waals surface area (Å²) >= 11 is 0. The molecule has 8 nitrogen and oxygen atoms in total. The zero-order valence-corrected chi connectivity index (χ0v) is 16.1. The number of carbonyl (C=O) groups is 1. The van der Waals surface area contributed by atoms with Gasteiger partial charge in [-0.15, -0.1) is 0 Å². The number of aromatic amines is 1. The number of H-pyrrole nitrogens is 1. The van der Waals surface area contributed by atoms with Gasteiger partial charge in [-0.05, 0) is 37.5 Å². The summed E-state index contributed by atoms with van der Waals surface area (Å²) in [5.41, 5.74) is 1.19. The SMILES string of the molecule is Cc1nc(CCC(=O)N2CCC[C@H](c3nccn3Cc3ccncc3)C2)n[nH]1. The van der Waals surface area contributed by atoms with Gasteiger partial charge in [-0.2, -0.15) is 5.10 Å². The highest BCUT2D eigenvalue weighted by Gasteiger charge is 2.27. The van der Waals surface area contributed by atoms with Crippen LogP contribution in [0.25, 0.3) is 0 Å². The van der Waals surface area contributed by atoms with E-state index < -0.39 is 0 Å². The highest BCUT2D eigenvalue weighted by Crippen LogP contribution is 2.26. The number of pyridine rings is 1. The van der Waals surface area contributed by atoms with E-state index in [0.29, 0.717) is 18.7 Å². The Morgan fingerprint density at radius 1 is 1.29 bits per heavy atom. The number of carbonyl (C=O) groups excluding carboxylic acids is 1. The first-order valence-electron chi connectivity index (χ1n) is 9.74. The smallest absolute Gasteiger partial charge is 0.223 e. The number of piperidine rings is 1. The van der Waals surface area contributed by atoms with E-state index in [0.717, 1.165) is 44.1 Å². The van der Waals surface area contributed by atoms with E-state index in [4.69, 9.17) is 0 Å². The molecule has 1 aliphatic rings. The topological polar surface area (TPSA) is 92.6 Å². The van der Waals surface area contributed by atoms with Crippen molar-refractivity contribution in [2.45, 2.75) is 45.1 Å². The van der Waals surface area contributed by atoms with Crippen LogP contribution in [0.4, 0.5) is 0 Å². The van der Waals surface area contributed by atoms with Crippen LogP contribution in [0.2, 0.25) is 0 Å². The lowest BCUT2D eigenvalue weighted by atomic mass is 9.96. The summed E-state index contributed by atoms with van der Waals surface area (Å²) in [6.45, 7) is 4.17. The molecule has 4 heterocycles. The molecule has 1 N–H and O–H groups in total. The van der Waals surface area contributed by atoms with Gasteiger partial charge in [0.15, 0.2) is 5.82 Å². The number of imidazole rings is 1. The number of amides is 1. The Balaban J connectivity index is 1.38. The molecule has 4 rings (SSSR count). The first-order chi connectivity index (χ1) is 13.7. The quantitative estimate of drug-likeness (QED) is 0.708. The summed E-state index contributed by atoms with van der Waals surface area (Å²) < 4.78 is 2.18. The van der Waals surface area contributed by atoms with Gasteiger partial charge in [0.2, 0.25) is 5.91 Å². The fourth-order valence-corrected chi connectivity index (χ4v) is 3.79. The van der Waals surface area contributed by atoms with E-state index in [1.165, 1.54) is 5.56 Å². The lowest BCUT2D eigenvalue weighted by molar-refractivity contribution is -0.132. The first-order valence-corrected chi connectivity index (χ1v) is 9.74. The van der Waals surface area contributed by atoms with Crippen LogP contribution in [0, 0.1) is 6.92 Å². The molecule has 1 amide bonds. The third kappa shape index (κ3) is 4.27. The second kappa shape index (κ2) is 8.33. The zero-order valence-electron chi connectivity index (χ0n) is 16.1. The number of aromatic nitrogens is 6. The minimum Gasteiger partial charge on any atom is -0.342 e. The predicted octanol–water partition coefficient (Wildman–Crippen LogP) is 2.09. The molecule has 0 aliphatic carbocycles. The monoisotopic (exact) mass is 379 g/mol. The largest absolute Gasteiger partial charge is 0.342 e. The van der Waals surface area contributed by atoms with Crippen molar-refractivity contribution in [2.24, 2.45) is 0 Å². The van der Waals surface area contributed by atoms with Gasteiger partial charge in [0.25, 0.3) is 0 Å². The van der Waals surface area contributed by atoms with E-state index in [9.17, 15) is 4.79 Å². The molecule has 1 saturated heterocycles. The molecule has 0 aromatic carbocycles. The van der Waals surface area contributed by atoms with Crippen molar-refractivity contribution in [2.75, 3.05) is 13.1 Å². The van der Waals surface area contributed by atoms with Gasteiger partial charge < -0.3 is 9.47 Å². The Morgan fingerprint density at radius 3 is 2.93 bits per heavy atom. The van der Waals surface area contributed by atoms with Crippen molar-refractivity contribution in [3.05, 3.63) is 60.0 Å². The minimum absolute atomic E-state index is 0.166. The molecule has 0 unspecified atom stereocenters. The molecular weight excluding hydrogens is 354 g/mol. The van der Waals surface area contributed by atoms with Crippen molar-refractivity contribution >= 4 is 5.91 Å². The summed E-state index contributed by atoms with van der Waals surface area (Å²) in [5.74, 6) is 2.97. The molecule has 0 spiro atoms. The number of rotatable bonds is 6. The zero-order chi connectivity index (χ0) is 19.3. The Hall–Kier alpha value is -3.03. The van der Waals surface area contributed by atoms with Gasteiger partial charge >= 0.3 is 0 Å². The summed E-state index contributed by atoms with van der Waals surface area (Å²) in [7, 11) is 0. The molecule has 0 bridgehead atoms. The number of nitrogens with zero attached hydrogens (tertiary/aromatic N) is 6. The van der Waals surface area contributed by atoms with Crippen LogP contribution < -0.4 is 0 Å². The van der Waals surface area contributed by atoms with Crippen molar-refractivity contribution in [3.8, 4) is 0 Å². The van der Waals surface area contributed by atoms with Crippen molar-refractivity contribution in [3.63, 3.8) is 0 Å². The molecule has 0 radical (unpaired) electrons. The Bertz CT molecular complexity index is 918. The molecule has 28 heavy (non-hydrogen) atoms. The fraction of sp³-hybridized carbons (Fsp3) is 0.450. The molecule has 0 saturated carbocycles. The summed E-state index contributed by atoms with van der Waals surface area (Å²) in [6.07, 6.45) is 10.5. The second-order valence-corrected chi connectivity index (χ2v) is 7.28. The second-order valence-electron chi connectivity index (χ2n) is 7.28. The van der Waals surface area contributed by atoms with E-state index in [1.807, 2.05) is 48.7 Å². The van der Waals surface area contributed by atoms with Crippen molar-refractivity contribution < 1.29 is 4.79 Å². The lowest BCUT2D eigenvalue weighted by Gasteiger charge is -2.32. The number of likely N-dealkylation sites (tertiary alicyclic amines) is 1. The van der Waals surface area contributed by atoms with Crippen LogP contribution >= 0.6 is 0 Å². The number of hydrogen-bond acceptors (Lipinski definition) is 5. The maximum Gasteiger partial charge on any atom is 0.223 e. The molecule has 1 fully saturated rings. The molecule has 1 aliphatic heterocycles. The summed E-state index contributed by atoms with van der Waals surface area (Å²) in [4.78, 5) is 27.6. The van der Waals surface area contributed by atoms with E-state index in [2.05, 4.69) is 29.7 Å². The maximum absolute atomic E-state index is 12.7. The van der Waals surface area contributed by atoms with E-state index in [1.54, 1.807) is 0 Å². The standard InChI is InChI=1S/C20H25N7O/c1-15-23-18(25-24-15)4-5-19(28)26-11-2-3-17(14-26)20-22-10-12-27(20)13-16-6-8-21-9-7-16/h6-10,12,17H,2-5,11,13-14H2,1H3,(H,23,24,25)/t17-/m0/s1. The van der Waals surface area contributed by atoms with Crippen LogP contribution in [-0.4, -0.2) is 53.6 Å². The lowest BCUT2D eigenvalue weighted by Crippen LogP contribution is -2.40. The summed E-state index contributed by atoms with van der Waals surface area (Å²) in [6, 6.07) is 4.04. The number of aryl methyl sites for hydroxylation is 2. The molecule has 146 valence electrons. The van der Waals surface area contributed by atoms with Gasteiger partial charge in [-0.1, -0.05) is 0 Å². The van der Waals surface area contributed by atoms with Crippen LogP contribution in [-0.2, 0) is 17.8 Å². The normalized spacial score (nSPS) is 17.0. The third-order valence-electron chi connectivity index (χ3n) is 5.20. The fourth-order valence-electron chi connectivity index (χ4n) is 3.79. The van der Waals surface area contributed by atoms with Crippen LogP contribution in [0.3, 0.4) is 0 Å². The molecule has 8 heteroatoms. The number of nitrogens with one attached hydrogen (secondary N) is 1. The van der Waals surface area contributed by atoms with Crippen molar-refractivity contribution in [1.82, 2.24) is 34.6 Å². The van der Waals surface area contributed by atoms with Crippen LogP contribution in [0.15, 0.2) is 36.9 Å². The third-order valence-corrected chi connectivity index (χ3v) is 5.20.